The van der Waals surface area contributed by atoms with Crippen LogP contribution in [0.2, 0.25) is 0 Å². The van der Waals surface area contributed by atoms with Gasteiger partial charge in [0.2, 0.25) is 0 Å². The van der Waals surface area contributed by atoms with Crippen LogP contribution in [0.5, 0.6) is 0 Å². The van der Waals surface area contributed by atoms with Gasteiger partial charge in [0.05, 0.1) is 10.2 Å². The fourth-order valence-electron chi connectivity index (χ4n) is 1.58. The van der Waals surface area contributed by atoms with E-state index in [1.54, 1.807) is 0 Å². The molecule has 0 fully saturated rings. The van der Waals surface area contributed by atoms with E-state index in [-0.39, 0.29) is 21.7 Å². The molecule has 0 saturated carbocycles. The molecule has 0 spiro atoms. The van der Waals surface area contributed by atoms with Gasteiger partial charge >= 0.3 is 21.7 Å². The quantitative estimate of drug-likeness (QED) is 0.680. The van der Waals surface area contributed by atoms with E-state index in [1.807, 2.05) is 0 Å². The normalized spacial score (nSPS) is 14.4. The van der Waals surface area contributed by atoms with Crippen LogP contribution in [-0.2, 0) is 28.1 Å². The van der Waals surface area contributed by atoms with Crippen LogP contribution in [0.1, 0.15) is 5.56 Å². The van der Waals surface area contributed by atoms with Crippen LogP contribution in [0.3, 0.4) is 0 Å². The van der Waals surface area contributed by atoms with Crippen molar-refractivity contribution in [3.05, 3.63) is 54.1 Å². The van der Waals surface area contributed by atoms with Gasteiger partial charge < -0.3 is 0 Å². The monoisotopic (exact) mass is 231 g/mol. The Kier molecular flexibility index (Phi) is 4.60. The molecule has 1 aromatic rings. The molecular formula is C12H11SiTi+2. The van der Waals surface area contributed by atoms with Gasteiger partial charge in [-0.15, -0.1) is 0 Å². The Morgan fingerprint density at radius 2 is 1.86 bits per heavy atom. The Bertz CT molecular complexity index is 343. The van der Waals surface area contributed by atoms with Crippen LogP contribution in [0, 0.1) is 5.92 Å². The van der Waals surface area contributed by atoms with Crippen molar-refractivity contribution >= 4 is 15.4 Å². The number of hydrogen-bond donors (Lipinski definition) is 0. The van der Waals surface area contributed by atoms with Crippen molar-refractivity contribution < 1.29 is 21.7 Å². The second-order valence-corrected chi connectivity index (χ2v) is 3.92. The zero-order valence-corrected chi connectivity index (χ0v) is 10.5. The van der Waals surface area contributed by atoms with E-state index in [0.29, 0.717) is 5.92 Å². The van der Waals surface area contributed by atoms with Crippen LogP contribution in [0.25, 0.3) is 0 Å². The van der Waals surface area contributed by atoms with Crippen molar-refractivity contribution in [2.75, 3.05) is 0 Å². The molecule has 65 valence electrons. The second kappa shape index (κ2) is 5.50. The average Bonchev–Trinajstić information content (AvgIpc) is 2.57. The minimum atomic E-state index is 0. The van der Waals surface area contributed by atoms with E-state index >= 15 is 0 Å². The van der Waals surface area contributed by atoms with Crippen molar-refractivity contribution in [2.45, 2.75) is 6.42 Å². The SMILES string of the molecule is [Si]c1cccc(CC2C=CC=C2)c1.[Ti+2]. The molecule has 0 heterocycles. The van der Waals surface area contributed by atoms with Crippen LogP contribution in [0.4, 0.5) is 0 Å². The van der Waals surface area contributed by atoms with Gasteiger partial charge in [-0.3, -0.25) is 0 Å². The van der Waals surface area contributed by atoms with Gasteiger partial charge in [-0.05, 0) is 17.9 Å². The molecule has 0 unspecified atom stereocenters. The van der Waals surface area contributed by atoms with E-state index in [9.17, 15) is 0 Å². The molecular weight excluding hydrogens is 220 g/mol. The zero-order valence-electron chi connectivity index (χ0n) is 7.90. The third-order valence-electron chi connectivity index (χ3n) is 2.23. The predicted molar refractivity (Wildman–Crippen MR) is 57.3 cm³/mol. The molecule has 1 aliphatic carbocycles. The Morgan fingerprint density at radius 1 is 1.14 bits per heavy atom. The topological polar surface area (TPSA) is 0 Å². The first-order chi connectivity index (χ1) is 6.34. The molecule has 0 amide bonds. The van der Waals surface area contributed by atoms with Gasteiger partial charge in [-0.25, -0.2) is 0 Å². The van der Waals surface area contributed by atoms with Gasteiger partial charge in [-0.2, -0.15) is 0 Å². The summed E-state index contributed by atoms with van der Waals surface area (Å²) in [6.07, 6.45) is 9.80. The molecule has 14 heavy (non-hydrogen) atoms. The third kappa shape index (κ3) is 3.09. The van der Waals surface area contributed by atoms with Gasteiger partial charge in [0, 0.05) is 0 Å². The first kappa shape index (κ1) is 11.7. The fourth-order valence-corrected chi connectivity index (χ4v) is 1.87. The van der Waals surface area contributed by atoms with Gasteiger partial charge in [0.1, 0.15) is 0 Å². The summed E-state index contributed by atoms with van der Waals surface area (Å²) in [5.41, 5.74) is 1.38. The zero-order chi connectivity index (χ0) is 9.10. The Labute approximate surface area is 103 Å². The molecule has 3 radical (unpaired) electrons. The first-order valence-electron chi connectivity index (χ1n) is 4.50. The van der Waals surface area contributed by atoms with E-state index in [2.05, 4.69) is 58.8 Å². The van der Waals surface area contributed by atoms with E-state index in [1.165, 1.54) is 5.56 Å². The molecule has 2 heteroatoms. The van der Waals surface area contributed by atoms with Gasteiger partial charge in [0.25, 0.3) is 0 Å². The van der Waals surface area contributed by atoms with Crippen molar-refractivity contribution in [1.29, 1.82) is 0 Å². The summed E-state index contributed by atoms with van der Waals surface area (Å²) >= 11 is 0. The maximum absolute atomic E-state index is 3.52. The van der Waals surface area contributed by atoms with Crippen molar-refractivity contribution in [3.63, 3.8) is 0 Å². The van der Waals surface area contributed by atoms with Crippen LogP contribution in [0.15, 0.2) is 48.6 Å². The van der Waals surface area contributed by atoms with Crippen molar-refractivity contribution in [1.82, 2.24) is 0 Å². The Hall–Kier alpha value is -0.369. The summed E-state index contributed by atoms with van der Waals surface area (Å²) in [5.74, 6) is 0.591. The minimum absolute atomic E-state index is 0. The van der Waals surface area contributed by atoms with Crippen LogP contribution in [-0.4, -0.2) is 10.2 Å². The predicted octanol–water partition coefficient (Wildman–Crippen LogP) is 1.76. The summed E-state index contributed by atoms with van der Waals surface area (Å²) in [4.78, 5) is 0. The number of allylic oxidation sites excluding steroid dienone is 4. The number of benzene rings is 1. The smallest absolute Gasteiger partial charge is 0.0773 e. The van der Waals surface area contributed by atoms with Gasteiger partial charge in [0.15, 0.2) is 0 Å². The first-order valence-corrected chi connectivity index (χ1v) is 5.00. The molecule has 0 aliphatic heterocycles. The van der Waals surface area contributed by atoms with E-state index in [4.69, 9.17) is 0 Å². The van der Waals surface area contributed by atoms with Crippen molar-refractivity contribution in [3.8, 4) is 0 Å². The maximum atomic E-state index is 3.52. The molecule has 0 bridgehead atoms. The summed E-state index contributed by atoms with van der Waals surface area (Å²) in [6, 6.07) is 8.49. The largest absolute Gasteiger partial charge is 2.00 e. The molecule has 1 aliphatic rings. The summed E-state index contributed by atoms with van der Waals surface area (Å²) < 4.78 is 0. The second-order valence-electron chi connectivity index (χ2n) is 3.34. The van der Waals surface area contributed by atoms with E-state index in [0.717, 1.165) is 11.6 Å². The third-order valence-corrected chi connectivity index (χ3v) is 2.54. The average molecular weight is 231 g/mol. The molecule has 0 atom stereocenters. The van der Waals surface area contributed by atoms with E-state index < -0.39 is 0 Å². The standard InChI is InChI=1S/C12H11Si.Ti/c13-12-7-3-6-11(9-12)8-10-4-1-2-5-10;/h1-7,9-10H,8H2;/q;+2. The number of rotatable bonds is 2. The van der Waals surface area contributed by atoms with Crippen molar-refractivity contribution in [2.24, 2.45) is 5.92 Å². The Morgan fingerprint density at radius 3 is 2.50 bits per heavy atom. The summed E-state index contributed by atoms with van der Waals surface area (Å²) in [6.45, 7) is 0. The maximum Gasteiger partial charge on any atom is 2.00 e. The molecule has 0 saturated heterocycles. The molecule has 2 rings (SSSR count). The minimum Gasteiger partial charge on any atom is -0.0773 e. The molecule has 1 aromatic carbocycles. The summed E-state index contributed by atoms with van der Waals surface area (Å²) in [7, 11) is 3.52. The summed E-state index contributed by atoms with van der Waals surface area (Å²) in [5, 5.41) is 1.16. The van der Waals surface area contributed by atoms with Crippen LogP contribution >= 0.6 is 0 Å². The Balaban J connectivity index is 0.000000980. The fraction of sp³-hybridized carbons (Fsp3) is 0.167. The molecule has 0 aromatic heterocycles. The molecule has 0 N–H and O–H groups in total. The number of hydrogen-bond acceptors (Lipinski definition) is 0. The van der Waals surface area contributed by atoms with Gasteiger partial charge in [-0.1, -0.05) is 53.8 Å². The molecule has 0 nitrogen and oxygen atoms in total. The van der Waals surface area contributed by atoms with Crippen LogP contribution < -0.4 is 5.19 Å².